The molecule has 0 aliphatic carbocycles. The largest absolute Gasteiger partial charge is 0.481 e. The van der Waals surface area contributed by atoms with E-state index in [0.717, 1.165) is 89.9 Å². The first-order valence-electron chi connectivity index (χ1n) is 12.1. The van der Waals surface area contributed by atoms with E-state index in [-0.39, 0.29) is 202 Å². The van der Waals surface area contributed by atoms with Crippen molar-refractivity contribution in [1.82, 2.24) is 0 Å². The zero-order valence-corrected chi connectivity index (χ0v) is 20.0. The minimum atomic E-state index is -0.708. The minimum absolute atomic E-state index is 0. The Morgan fingerprint density at radius 2 is 0.509 bits per heavy atom. The molecule has 0 spiro atoms. The van der Waals surface area contributed by atoms with Crippen molar-refractivity contribution in [3.05, 3.63) is 0 Å². The van der Waals surface area contributed by atoms with E-state index >= 15 is 0 Å². The van der Waals surface area contributed by atoms with Crippen molar-refractivity contribution in [3.8, 4) is 0 Å². The van der Waals surface area contributed by atoms with Gasteiger partial charge in [0.1, 0.15) is 5.88 Å². The van der Waals surface area contributed by atoms with Gasteiger partial charge in [0.25, 0.3) is 0 Å². The molecule has 0 aliphatic rings. The Labute approximate surface area is 370 Å². The van der Waals surface area contributed by atoms with E-state index in [0.29, 0.717) is 19.6 Å². The van der Waals surface area contributed by atoms with Crippen LogP contribution in [0.5, 0.6) is 0 Å². The molecule has 0 radical (unpaired) electrons. The lowest BCUT2D eigenvalue weighted by Gasteiger charge is -2.06. The number of alkyl halides is 1. The number of aliphatic carboxylic acids is 1. The molecule has 1 N–H and O–H groups in total. The molecular weight excluding hydrogens is 708 g/mol. The molecule has 0 rings (SSSR count). The molecule has 0 amide bonds. The van der Waals surface area contributed by atoms with Crippen LogP contribution in [0.4, 0.5) is 0 Å². The van der Waals surface area contributed by atoms with Crippen LogP contribution in [0.15, 0.2) is 0 Å². The van der Waals surface area contributed by atoms with Crippen molar-refractivity contribution in [2.75, 3.05) is 19.1 Å². The standard InChI is InChI=1S/C24H43ClO6.24CH4/c25-21-24(29)31-20-16-12-8-4-3-7-11-15-19-30-23(28)18-14-10-6-2-1-5-9-13-17-22(26)27;;;;;;;;;;;;;;;;;;;;;;;;/h1-21H2,(H,26,27);24*1H4. The number of unbranched alkanes of at least 4 members (excludes halogenated alkanes) is 14. The second-order valence-corrected chi connectivity index (χ2v) is 8.39. The number of hydrogen-bond donors (Lipinski definition) is 1. The van der Waals surface area contributed by atoms with Gasteiger partial charge >= 0.3 is 17.9 Å². The van der Waals surface area contributed by atoms with E-state index in [1.807, 2.05) is 0 Å². The summed E-state index contributed by atoms with van der Waals surface area (Å²) >= 11 is 5.35. The van der Waals surface area contributed by atoms with Crippen LogP contribution < -0.4 is 0 Å². The summed E-state index contributed by atoms with van der Waals surface area (Å²) in [6, 6.07) is 0. The predicted octanol–water partition coefficient (Wildman–Crippen LogP) is 21.7. The zero-order chi connectivity index (χ0) is 23.0. The van der Waals surface area contributed by atoms with Gasteiger partial charge in [-0.1, -0.05) is 255 Å². The molecule has 0 aromatic heterocycles. The molecule has 0 fully saturated rings. The van der Waals surface area contributed by atoms with E-state index in [4.69, 9.17) is 26.2 Å². The summed E-state index contributed by atoms with van der Waals surface area (Å²) in [6.45, 7) is 0.994. The smallest absolute Gasteiger partial charge is 0.320 e. The maximum Gasteiger partial charge on any atom is 0.320 e. The lowest BCUT2D eigenvalue weighted by Crippen LogP contribution is -2.06. The van der Waals surface area contributed by atoms with Gasteiger partial charge in [0.05, 0.1) is 13.2 Å². The van der Waals surface area contributed by atoms with Crippen molar-refractivity contribution in [2.24, 2.45) is 0 Å². The molecule has 0 aliphatic heterocycles. The SMILES string of the molecule is C.C.C.C.C.C.C.C.C.C.C.C.C.C.C.C.C.C.C.C.C.C.C.C.O=C(O)CCCCCCCCCCC(=O)OCCCCCCCCCCOC(=O)CCl. The second-order valence-electron chi connectivity index (χ2n) is 8.13. The van der Waals surface area contributed by atoms with Crippen LogP contribution in [0, 0.1) is 0 Å². The highest BCUT2D eigenvalue weighted by atomic mass is 35.5. The third kappa shape index (κ3) is 164. The molecule has 0 bridgehead atoms. The van der Waals surface area contributed by atoms with Crippen molar-refractivity contribution in [2.45, 2.75) is 294 Å². The summed E-state index contributed by atoms with van der Waals surface area (Å²) < 4.78 is 10.2. The molecule has 7 heteroatoms. The molecule has 0 aromatic carbocycles. The summed E-state index contributed by atoms with van der Waals surface area (Å²) in [6.07, 6.45) is 17.7. The number of carbonyl (C=O) groups excluding carboxylic acids is 2. The number of carbonyl (C=O) groups is 3. The third-order valence-electron chi connectivity index (χ3n) is 5.20. The van der Waals surface area contributed by atoms with Gasteiger partial charge in [0, 0.05) is 12.8 Å². The zero-order valence-electron chi connectivity index (χ0n) is 19.2. The van der Waals surface area contributed by atoms with E-state index in [2.05, 4.69) is 0 Å². The number of esters is 2. The number of ether oxygens (including phenoxy) is 2. The summed E-state index contributed by atoms with van der Waals surface area (Å²) in [5.41, 5.74) is 0. The predicted molar refractivity (Wildman–Crippen MR) is 285 cm³/mol. The van der Waals surface area contributed by atoms with Crippen LogP contribution in [0.3, 0.4) is 0 Å². The topological polar surface area (TPSA) is 89.9 Å². The van der Waals surface area contributed by atoms with Crippen LogP contribution in [0.2, 0.25) is 0 Å². The third-order valence-corrected chi connectivity index (χ3v) is 5.41. The highest BCUT2D eigenvalue weighted by Gasteiger charge is 2.03. The molecular formula is C48H139ClO6. The fraction of sp³-hybridized carbons (Fsp3) is 0.938. The molecule has 0 saturated heterocycles. The van der Waals surface area contributed by atoms with Crippen molar-refractivity contribution < 1.29 is 29.0 Å². The Bertz CT molecular complexity index is 462. The van der Waals surface area contributed by atoms with Gasteiger partial charge in [-0.3, -0.25) is 14.4 Å². The van der Waals surface area contributed by atoms with Gasteiger partial charge in [-0.25, -0.2) is 0 Å². The van der Waals surface area contributed by atoms with E-state index in [9.17, 15) is 14.4 Å². The van der Waals surface area contributed by atoms with E-state index < -0.39 is 5.97 Å². The van der Waals surface area contributed by atoms with E-state index in [1.54, 1.807) is 0 Å². The molecule has 374 valence electrons. The van der Waals surface area contributed by atoms with Gasteiger partial charge in [-0.2, -0.15) is 0 Å². The van der Waals surface area contributed by atoms with Crippen LogP contribution in [-0.4, -0.2) is 42.1 Å². The first-order chi connectivity index (χ1) is 15.1. The Balaban J connectivity index is -0.0000000163. The van der Waals surface area contributed by atoms with Crippen molar-refractivity contribution >= 4 is 29.5 Å². The summed E-state index contributed by atoms with van der Waals surface area (Å²) in [5, 5.41) is 8.57. The average molecular weight is 848 g/mol. The number of halogens is 1. The van der Waals surface area contributed by atoms with Gasteiger partial charge in [-0.05, 0) is 25.7 Å². The molecule has 55 heavy (non-hydrogen) atoms. The Morgan fingerprint density at radius 3 is 0.745 bits per heavy atom. The highest BCUT2D eigenvalue weighted by molar-refractivity contribution is 6.26. The second kappa shape index (κ2) is 149. The summed E-state index contributed by atoms with van der Waals surface area (Å²) in [4.78, 5) is 33.0. The first kappa shape index (κ1) is 181. The van der Waals surface area contributed by atoms with Gasteiger partial charge in [-0.15, -0.1) is 11.6 Å². The number of carboxylic acid groups (broad SMARTS) is 1. The molecule has 0 heterocycles. The van der Waals surface area contributed by atoms with Gasteiger partial charge < -0.3 is 14.6 Å². The fourth-order valence-electron chi connectivity index (χ4n) is 3.35. The van der Waals surface area contributed by atoms with Crippen LogP contribution in [-0.2, 0) is 23.9 Å². The quantitative estimate of drug-likeness (QED) is 0.0626. The number of rotatable bonds is 23. The Morgan fingerprint density at radius 1 is 0.309 bits per heavy atom. The summed E-state index contributed by atoms with van der Waals surface area (Å²) in [5.74, 6) is -1.21. The highest BCUT2D eigenvalue weighted by Crippen LogP contribution is 2.12. The average Bonchev–Trinajstić information content (AvgIpc) is 2.75. The van der Waals surface area contributed by atoms with Crippen LogP contribution in [0.25, 0.3) is 0 Å². The lowest BCUT2D eigenvalue weighted by atomic mass is 10.1. The molecule has 6 nitrogen and oxygen atoms in total. The first-order valence-corrected chi connectivity index (χ1v) is 12.7. The maximum atomic E-state index is 11.7. The lowest BCUT2D eigenvalue weighted by molar-refractivity contribution is -0.144. The maximum absolute atomic E-state index is 11.7. The minimum Gasteiger partial charge on any atom is -0.481 e. The molecule has 0 atom stereocenters. The Hall–Kier alpha value is -1.30. The Kier molecular flexibility index (Phi) is 492. The molecule has 0 aromatic rings. The summed E-state index contributed by atoms with van der Waals surface area (Å²) in [7, 11) is 0. The van der Waals surface area contributed by atoms with Crippen LogP contribution >= 0.6 is 11.6 Å². The van der Waals surface area contributed by atoms with Crippen molar-refractivity contribution in [1.29, 1.82) is 0 Å². The normalized spacial score (nSPS) is 6.05. The van der Waals surface area contributed by atoms with Crippen molar-refractivity contribution in [3.63, 3.8) is 0 Å². The molecule has 0 saturated carbocycles. The monoisotopic (exact) mass is 847 g/mol. The number of hydrogen-bond acceptors (Lipinski definition) is 5. The fourth-order valence-corrected chi connectivity index (χ4v) is 3.43. The van der Waals surface area contributed by atoms with Gasteiger partial charge in [0.15, 0.2) is 0 Å². The molecule has 0 unspecified atom stereocenters. The number of carboxylic acids is 1. The van der Waals surface area contributed by atoms with Crippen LogP contribution in [0.1, 0.15) is 294 Å². The van der Waals surface area contributed by atoms with E-state index in [1.165, 1.54) is 12.8 Å². The van der Waals surface area contributed by atoms with Gasteiger partial charge in [0.2, 0.25) is 0 Å².